The molecule has 11 nitrogen and oxygen atoms in total. The molecule has 0 bridgehead atoms. The van der Waals surface area contributed by atoms with Gasteiger partial charge in [0.1, 0.15) is 5.75 Å². The lowest BCUT2D eigenvalue weighted by atomic mass is 9.55. The number of aliphatic hydroxyl groups excluding tert-OH is 3. The molecule has 2 saturated carbocycles. The number of Topliss-reactive ketones (excluding diaryl/α,β-unsaturated/α-hetero) is 1. The Kier molecular flexibility index (Phi) is 16.0. The Hall–Kier alpha value is -5.15. The zero-order valence-corrected chi connectivity index (χ0v) is 42.5. The highest BCUT2D eigenvalue weighted by Crippen LogP contribution is 2.52. The summed E-state index contributed by atoms with van der Waals surface area (Å²) in [6, 6.07) is 26.1. The Labute approximate surface area is 424 Å². The molecule has 376 valence electrons. The minimum atomic E-state index is -1.66. The number of ketones is 1. The highest BCUT2D eigenvalue weighted by molar-refractivity contribution is 8.76. The molecule has 7 N–H and O–H groups in total. The number of methoxy groups -OCH3 is 1. The van der Waals surface area contributed by atoms with Crippen LogP contribution < -0.4 is 19.8 Å². The lowest BCUT2D eigenvalue weighted by Crippen LogP contribution is -2.61. The molecule has 2 fully saturated rings. The number of fused-ring (bicyclic) bond motifs is 2. The van der Waals surface area contributed by atoms with Crippen molar-refractivity contribution in [3.63, 3.8) is 0 Å². The summed E-state index contributed by atoms with van der Waals surface area (Å²) in [4.78, 5) is 20.9. The first-order chi connectivity index (χ1) is 34.5. The van der Waals surface area contributed by atoms with Gasteiger partial charge in [0, 0.05) is 30.2 Å². The number of carbonyl (C=O) groups is 1. The number of aromatic nitrogens is 1. The number of benzene rings is 5. The van der Waals surface area contributed by atoms with Gasteiger partial charge in [0.25, 0.3) is 0 Å². The summed E-state index contributed by atoms with van der Waals surface area (Å²) < 4.78 is 12.5. The maximum Gasteiger partial charge on any atom is 0.164 e. The SMILES string of the molecule is CCc1ccc2cccc3c2c1Cc1c(ccc(O)c1OC)C[C@@H](Cc1cc[n-]c1)[C@H](O)[C@@H]1C(=O)[C@](Cc2ccc(O)c(OC4CCCCC4)c2)(c2cc(O)cc(CNC)c2)[C@@H](O)C[C@H]1CSS[C@H]3CO. The number of ether oxygens (including phenoxy) is 2. The van der Waals surface area contributed by atoms with Gasteiger partial charge < -0.3 is 50.4 Å². The molecule has 6 aromatic rings. The van der Waals surface area contributed by atoms with Crippen LogP contribution in [0.25, 0.3) is 10.8 Å². The molecule has 2 aliphatic carbocycles. The van der Waals surface area contributed by atoms with Gasteiger partial charge in [-0.25, -0.2) is 0 Å². The Morgan fingerprint density at radius 2 is 1.70 bits per heavy atom. The molecule has 0 amide bonds. The smallest absolute Gasteiger partial charge is 0.164 e. The van der Waals surface area contributed by atoms with Gasteiger partial charge in [-0.15, -0.1) is 0 Å². The highest BCUT2D eigenvalue weighted by Gasteiger charge is 2.58. The van der Waals surface area contributed by atoms with Gasteiger partial charge in [0.05, 0.1) is 42.7 Å². The van der Waals surface area contributed by atoms with Crippen molar-refractivity contribution in [2.75, 3.05) is 26.5 Å². The zero-order valence-electron chi connectivity index (χ0n) is 40.9. The lowest BCUT2D eigenvalue weighted by molar-refractivity contribution is -0.149. The summed E-state index contributed by atoms with van der Waals surface area (Å²) in [6.45, 7) is 2.36. The van der Waals surface area contributed by atoms with E-state index < -0.39 is 35.4 Å². The number of aliphatic hydroxyl groups is 3. The number of aryl methyl sites for hydroxylation is 1. The van der Waals surface area contributed by atoms with E-state index in [4.69, 9.17) is 9.47 Å². The van der Waals surface area contributed by atoms with Gasteiger partial charge in [-0.2, -0.15) is 12.4 Å². The first-order valence-corrected chi connectivity index (χ1v) is 27.6. The van der Waals surface area contributed by atoms with Gasteiger partial charge in [0.15, 0.2) is 28.8 Å². The van der Waals surface area contributed by atoms with Crippen LogP contribution in [0.5, 0.6) is 28.7 Å². The Morgan fingerprint density at radius 1 is 0.887 bits per heavy atom. The van der Waals surface area contributed by atoms with Crippen molar-refractivity contribution in [1.82, 2.24) is 10.3 Å². The maximum absolute atomic E-state index is 16.5. The van der Waals surface area contributed by atoms with E-state index >= 15 is 4.79 Å². The van der Waals surface area contributed by atoms with Crippen LogP contribution in [0.1, 0.15) is 101 Å². The predicted octanol–water partition coefficient (Wildman–Crippen LogP) is 9.44. The van der Waals surface area contributed by atoms with Crippen molar-refractivity contribution in [1.29, 1.82) is 0 Å². The van der Waals surface area contributed by atoms with Crippen molar-refractivity contribution in [3.05, 3.63) is 147 Å². The fraction of sp³-hybridized carbons (Fsp3) is 0.431. The number of aromatic hydroxyl groups is 3. The first-order valence-electron chi connectivity index (χ1n) is 25.2. The zero-order chi connectivity index (χ0) is 49.8. The van der Waals surface area contributed by atoms with Crippen LogP contribution in [0.3, 0.4) is 0 Å². The Morgan fingerprint density at radius 3 is 2.45 bits per heavy atom. The minimum Gasteiger partial charge on any atom is -0.670 e. The normalized spacial score (nSPS) is 24.4. The molecule has 13 heteroatoms. The van der Waals surface area contributed by atoms with Crippen LogP contribution in [0.2, 0.25) is 0 Å². The second-order valence-electron chi connectivity index (χ2n) is 20.0. The second-order valence-corrected chi connectivity index (χ2v) is 22.6. The highest BCUT2D eigenvalue weighted by atomic mass is 33.1. The standard InChI is InChI=1S/C58H67N2O9S2/c1-4-37-14-15-38-9-8-12-45-51(32-61)71-70-33-41-26-52(65)58(42-22-36(30-59-2)23-43(62)27-42,29-34-13-17-48(63)50(24-34)69-44-10-6-5-7-11-44)57(67)54(41)55(66)40(21-35-19-20-60-31-35)25-39-16-18-49(64)56(68-3)47(39)28-46(37)53(38)45/h8-9,12-20,22-24,27,31,40-41,44,51-52,54-55,59,61-66H,4-7,10-11,21,25-26,28-30,32-33H2,1-3H3/q-1/t40-,41+,51+,52+,54-,55+,58-/m1/s1. The molecule has 71 heavy (non-hydrogen) atoms. The van der Waals surface area contributed by atoms with Crippen molar-refractivity contribution in [2.24, 2.45) is 17.8 Å². The quantitative estimate of drug-likeness (QED) is 0.0577. The fourth-order valence-electron chi connectivity index (χ4n) is 12.0. The van der Waals surface area contributed by atoms with E-state index in [1.165, 1.54) is 21.6 Å². The number of phenolic OH excluding ortho intramolecular Hbond substituents is 3. The molecule has 7 atom stereocenters. The van der Waals surface area contributed by atoms with Crippen LogP contribution >= 0.6 is 21.6 Å². The first kappa shape index (κ1) is 50.8. The van der Waals surface area contributed by atoms with E-state index in [-0.39, 0.29) is 53.8 Å². The van der Waals surface area contributed by atoms with E-state index in [0.717, 1.165) is 88.2 Å². The molecule has 9 rings (SSSR count). The van der Waals surface area contributed by atoms with E-state index in [2.05, 4.69) is 41.5 Å². The number of rotatable bonds is 12. The molecule has 1 aromatic heterocycles. The monoisotopic (exact) mass is 999 g/mol. The largest absolute Gasteiger partial charge is 0.670 e. The number of hydrogen-bond donors (Lipinski definition) is 7. The van der Waals surface area contributed by atoms with Crippen molar-refractivity contribution in [3.8, 4) is 28.7 Å². The summed E-state index contributed by atoms with van der Waals surface area (Å²) >= 11 is 0. The van der Waals surface area contributed by atoms with Crippen molar-refractivity contribution >= 4 is 38.1 Å². The number of phenols is 3. The molecule has 3 aliphatic rings. The predicted molar refractivity (Wildman–Crippen MR) is 282 cm³/mol. The third-order valence-corrected chi connectivity index (χ3v) is 18.4. The summed E-state index contributed by atoms with van der Waals surface area (Å²) in [7, 11) is 6.42. The van der Waals surface area contributed by atoms with Crippen molar-refractivity contribution in [2.45, 2.75) is 113 Å². The van der Waals surface area contributed by atoms with Gasteiger partial charge in [-0.3, -0.25) is 4.79 Å². The van der Waals surface area contributed by atoms with Gasteiger partial charge >= 0.3 is 0 Å². The molecule has 0 spiro atoms. The van der Waals surface area contributed by atoms with Crippen molar-refractivity contribution < 1.29 is 44.9 Å². The molecular formula is C58H67N2O9S2-. The molecule has 5 aromatic carbocycles. The number of carbonyl (C=O) groups excluding carboxylic acids is 1. The van der Waals surface area contributed by atoms with Gasteiger partial charge in [-0.05, 0) is 157 Å². The van der Waals surface area contributed by atoms with Crippen LogP contribution in [-0.4, -0.2) is 81.3 Å². The lowest BCUT2D eigenvalue weighted by Gasteiger charge is -2.49. The molecule has 2 heterocycles. The molecule has 0 unspecified atom stereocenters. The summed E-state index contributed by atoms with van der Waals surface area (Å²) in [5.74, 6) is -1.47. The fourth-order valence-corrected chi connectivity index (χ4v) is 14.9. The van der Waals surface area contributed by atoms with E-state index in [1.54, 1.807) is 62.9 Å². The van der Waals surface area contributed by atoms with Crippen LogP contribution in [-0.2, 0) is 48.9 Å². The van der Waals surface area contributed by atoms with Gasteiger partial charge in [0.2, 0.25) is 0 Å². The maximum atomic E-state index is 16.5. The summed E-state index contributed by atoms with van der Waals surface area (Å²) in [6.07, 6.45) is 7.89. The van der Waals surface area contributed by atoms with Gasteiger partial charge in [-0.1, -0.05) is 95.1 Å². The molecule has 1 aliphatic heterocycles. The Balaban J connectivity index is 1.22. The van der Waals surface area contributed by atoms with E-state index in [9.17, 15) is 30.6 Å². The average Bonchev–Trinajstić information content (AvgIpc) is 3.89. The van der Waals surface area contributed by atoms with Crippen LogP contribution in [0.15, 0.2) is 97.3 Å². The molecular weight excluding hydrogens is 933 g/mol. The van der Waals surface area contributed by atoms with E-state index in [0.29, 0.717) is 54.2 Å². The van der Waals surface area contributed by atoms with Crippen LogP contribution in [0.4, 0.5) is 0 Å². The number of hydrogen-bond acceptors (Lipinski definition) is 12. The van der Waals surface area contributed by atoms with Crippen LogP contribution in [0, 0.1) is 17.8 Å². The number of nitrogens with one attached hydrogen (secondary N) is 1. The number of nitrogens with zero attached hydrogens (tertiary/aromatic N) is 1. The summed E-state index contributed by atoms with van der Waals surface area (Å²) in [5, 5.41) is 76.5. The Bertz CT molecular complexity index is 2810. The molecule has 0 radical (unpaired) electrons. The van der Waals surface area contributed by atoms with E-state index in [1.807, 2.05) is 24.3 Å². The third-order valence-electron chi connectivity index (χ3n) is 15.6. The second kappa shape index (κ2) is 22.3. The molecule has 0 saturated heterocycles. The summed E-state index contributed by atoms with van der Waals surface area (Å²) in [5.41, 5.74) is 5.84. The topological polar surface area (TPSA) is 183 Å². The third kappa shape index (κ3) is 10.4. The minimum absolute atomic E-state index is 0.0000540. The average molecular weight is 1000 g/mol.